The molecule has 0 heterocycles. The molecule has 0 saturated carbocycles. The summed E-state index contributed by atoms with van der Waals surface area (Å²) >= 11 is 0. The van der Waals surface area contributed by atoms with Gasteiger partial charge in [0.25, 0.3) is 0 Å². The minimum Gasteiger partial charge on any atom is -0.417 e. The Labute approximate surface area is 157 Å². The molecule has 1 N–H and O–H groups in total. The average Bonchev–Trinajstić information content (AvgIpc) is 2.45. The van der Waals surface area contributed by atoms with E-state index in [9.17, 15) is 5.11 Å². The molecule has 2 atom stereocenters. The molecule has 3 heteroatoms. The van der Waals surface area contributed by atoms with Crippen molar-refractivity contribution < 1.29 is 9.53 Å². The topological polar surface area (TPSA) is 29.5 Å². The molecule has 0 unspecified atom stereocenters. The lowest BCUT2D eigenvalue weighted by atomic mass is 9.98. The molecule has 2 nitrogen and oxygen atoms in total. The molecule has 0 aliphatic heterocycles. The normalized spacial score (nSPS) is 17.4. The smallest absolute Gasteiger partial charge is 0.191 e. The monoisotopic (exact) mass is 364 g/mol. The van der Waals surface area contributed by atoms with Gasteiger partial charge in [0.2, 0.25) is 0 Å². The van der Waals surface area contributed by atoms with Gasteiger partial charge in [-0.25, -0.2) is 0 Å². The summed E-state index contributed by atoms with van der Waals surface area (Å²) in [4.78, 5) is 0. The van der Waals surface area contributed by atoms with E-state index >= 15 is 0 Å². The highest BCUT2D eigenvalue weighted by atomic mass is 28.4. The van der Waals surface area contributed by atoms with Crippen molar-refractivity contribution >= 4 is 8.32 Å². The molecule has 0 aliphatic carbocycles. The Morgan fingerprint density at radius 3 is 2.16 bits per heavy atom. The van der Waals surface area contributed by atoms with E-state index in [-0.39, 0.29) is 11.0 Å². The molecule has 0 aliphatic rings. The van der Waals surface area contributed by atoms with Crippen LogP contribution in [-0.4, -0.2) is 26.1 Å². The van der Waals surface area contributed by atoms with Crippen molar-refractivity contribution in [2.24, 2.45) is 5.92 Å². The number of hydrogen-bond donors (Lipinski definition) is 1. The zero-order valence-corrected chi connectivity index (χ0v) is 18.9. The third-order valence-electron chi connectivity index (χ3n) is 5.06. The second-order valence-corrected chi connectivity index (χ2v) is 13.5. The minimum atomic E-state index is -1.69. The second kappa shape index (κ2) is 10.3. The second-order valence-electron chi connectivity index (χ2n) is 8.72. The lowest BCUT2D eigenvalue weighted by Crippen LogP contribution is -2.41. The van der Waals surface area contributed by atoms with Gasteiger partial charge in [-0.3, -0.25) is 0 Å². The Bertz CT molecular complexity index is 519. The summed E-state index contributed by atoms with van der Waals surface area (Å²) in [6.07, 6.45) is 8.39. The Morgan fingerprint density at radius 1 is 1.12 bits per heavy atom. The van der Waals surface area contributed by atoms with Gasteiger partial charge >= 0.3 is 0 Å². The molecule has 25 heavy (non-hydrogen) atoms. The van der Waals surface area contributed by atoms with Crippen LogP contribution >= 0.6 is 0 Å². The van der Waals surface area contributed by atoms with Crippen molar-refractivity contribution in [1.82, 2.24) is 0 Å². The summed E-state index contributed by atoms with van der Waals surface area (Å²) in [6.45, 7) is 24.0. The van der Waals surface area contributed by atoms with E-state index in [0.717, 1.165) is 24.2 Å². The fourth-order valence-corrected chi connectivity index (χ4v) is 3.24. The van der Waals surface area contributed by atoms with E-state index in [4.69, 9.17) is 4.43 Å². The fraction of sp³-hybridized carbons (Fsp3) is 0.636. The summed E-state index contributed by atoms with van der Waals surface area (Å²) in [6, 6.07) is 0. The Hall–Kier alpha value is -0.903. The molecular formula is C22H40O2Si. The van der Waals surface area contributed by atoms with E-state index in [1.807, 2.05) is 26.0 Å². The number of hydrogen-bond acceptors (Lipinski definition) is 2. The van der Waals surface area contributed by atoms with Crippen LogP contribution in [0.3, 0.4) is 0 Å². The van der Waals surface area contributed by atoms with Crippen LogP contribution in [0.4, 0.5) is 0 Å². The zero-order valence-electron chi connectivity index (χ0n) is 17.9. The molecule has 0 radical (unpaired) electrons. The Kier molecular flexibility index (Phi) is 9.92. The summed E-state index contributed by atoms with van der Waals surface area (Å²) in [5, 5.41) is 10.7. The largest absolute Gasteiger partial charge is 0.417 e. The third kappa shape index (κ3) is 9.38. The lowest BCUT2D eigenvalue weighted by Gasteiger charge is -2.36. The number of allylic oxidation sites excluding steroid dienone is 4. The van der Waals surface area contributed by atoms with Crippen molar-refractivity contribution in [1.29, 1.82) is 0 Å². The molecule has 144 valence electrons. The van der Waals surface area contributed by atoms with Gasteiger partial charge in [-0.05, 0) is 45.3 Å². The third-order valence-corrected chi connectivity index (χ3v) is 9.60. The SMILES string of the molecule is C=C/C(C)=C\C(C)=C/[C@H](C)[C@H](O)/C=C(\C)CCO[Si](C)(C)C(C)(C)C. The Balaban J connectivity index is 4.68. The van der Waals surface area contributed by atoms with Crippen LogP contribution in [0.2, 0.25) is 18.1 Å². The average molecular weight is 365 g/mol. The summed E-state index contributed by atoms with van der Waals surface area (Å²) in [7, 11) is -1.69. The maximum atomic E-state index is 10.4. The van der Waals surface area contributed by atoms with Gasteiger partial charge in [-0.1, -0.05) is 75.3 Å². The van der Waals surface area contributed by atoms with Crippen molar-refractivity contribution in [3.8, 4) is 0 Å². The van der Waals surface area contributed by atoms with Crippen LogP contribution in [-0.2, 0) is 4.43 Å². The van der Waals surface area contributed by atoms with Gasteiger partial charge < -0.3 is 9.53 Å². The predicted octanol–water partition coefficient (Wildman–Crippen LogP) is 6.42. The van der Waals surface area contributed by atoms with E-state index in [1.165, 1.54) is 5.57 Å². The molecule has 0 aromatic heterocycles. The van der Waals surface area contributed by atoms with Crippen molar-refractivity contribution in [2.75, 3.05) is 6.61 Å². The van der Waals surface area contributed by atoms with Crippen molar-refractivity contribution in [3.63, 3.8) is 0 Å². The highest BCUT2D eigenvalue weighted by Crippen LogP contribution is 2.36. The van der Waals surface area contributed by atoms with Gasteiger partial charge in [-0.15, -0.1) is 0 Å². The van der Waals surface area contributed by atoms with Crippen molar-refractivity contribution in [3.05, 3.63) is 47.6 Å². The number of aliphatic hydroxyl groups is 1. The van der Waals surface area contributed by atoms with Crippen LogP contribution in [0, 0.1) is 5.92 Å². The van der Waals surface area contributed by atoms with E-state index in [1.54, 1.807) is 0 Å². The van der Waals surface area contributed by atoms with Gasteiger partial charge in [0.15, 0.2) is 8.32 Å². The maximum Gasteiger partial charge on any atom is 0.191 e. The van der Waals surface area contributed by atoms with E-state index in [2.05, 4.69) is 66.4 Å². The lowest BCUT2D eigenvalue weighted by molar-refractivity contribution is 0.183. The van der Waals surface area contributed by atoms with Crippen LogP contribution in [0.1, 0.15) is 54.9 Å². The standard InChI is InChI=1S/C22H40O2Si/c1-11-17(2)14-19(4)15-20(5)21(23)16-18(3)12-13-24-25(9,10)22(6,7)8/h11,14-16,20-21,23H,1,12-13H2,2-10H3/b17-14-,18-16+,19-15-/t20-,21+/m0/s1. The fourth-order valence-electron chi connectivity index (χ4n) is 2.19. The Morgan fingerprint density at radius 2 is 1.68 bits per heavy atom. The van der Waals surface area contributed by atoms with Crippen LogP contribution in [0.25, 0.3) is 0 Å². The number of rotatable bonds is 9. The quantitative estimate of drug-likeness (QED) is 0.290. The first-order valence-corrected chi connectivity index (χ1v) is 12.2. The van der Waals surface area contributed by atoms with Gasteiger partial charge in [-0.2, -0.15) is 0 Å². The molecule has 0 fully saturated rings. The summed E-state index contributed by atoms with van der Waals surface area (Å²) in [5.74, 6) is 0.0742. The molecule has 0 aromatic carbocycles. The maximum absolute atomic E-state index is 10.4. The molecule has 0 aromatic rings. The highest BCUT2D eigenvalue weighted by Gasteiger charge is 2.36. The van der Waals surface area contributed by atoms with Gasteiger partial charge in [0.05, 0.1) is 6.10 Å². The molecule has 0 rings (SSSR count). The summed E-state index contributed by atoms with van der Waals surface area (Å²) < 4.78 is 6.21. The van der Waals surface area contributed by atoms with E-state index < -0.39 is 14.4 Å². The first-order chi connectivity index (χ1) is 11.3. The van der Waals surface area contributed by atoms with Crippen LogP contribution in [0.15, 0.2) is 47.6 Å². The molecular weight excluding hydrogens is 324 g/mol. The molecule has 0 bridgehead atoms. The van der Waals surface area contributed by atoms with E-state index in [0.29, 0.717) is 0 Å². The summed E-state index contributed by atoms with van der Waals surface area (Å²) in [5.41, 5.74) is 3.46. The minimum absolute atomic E-state index is 0.0742. The first kappa shape index (κ1) is 24.1. The zero-order chi connectivity index (χ0) is 19.8. The van der Waals surface area contributed by atoms with Crippen molar-refractivity contribution in [2.45, 2.75) is 79.1 Å². The van der Waals surface area contributed by atoms with Gasteiger partial charge in [0.1, 0.15) is 0 Å². The molecule has 0 saturated heterocycles. The first-order valence-electron chi connectivity index (χ1n) is 9.28. The predicted molar refractivity (Wildman–Crippen MR) is 114 cm³/mol. The van der Waals surface area contributed by atoms with Crippen LogP contribution < -0.4 is 0 Å². The van der Waals surface area contributed by atoms with Crippen LogP contribution in [0.5, 0.6) is 0 Å². The number of aliphatic hydroxyl groups excluding tert-OH is 1. The highest BCUT2D eigenvalue weighted by molar-refractivity contribution is 6.74. The van der Waals surface area contributed by atoms with Gasteiger partial charge in [0, 0.05) is 12.5 Å². The molecule has 0 spiro atoms. The molecule has 0 amide bonds.